The Morgan fingerprint density at radius 1 is 1.41 bits per heavy atom. The minimum absolute atomic E-state index is 0.0550. The van der Waals surface area contributed by atoms with Gasteiger partial charge in [-0.3, -0.25) is 4.79 Å². The van der Waals surface area contributed by atoms with E-state index in [1.165, 1.54) is 11.3 Å². The highest BCUT2D eigenvalue weighted by Crippen LogP contribution is 2.29. The Balaban J connectivity index is 2.26. The van der Waals surface area contributed by atoms with Crippen molar-refractivity contribution in [3.63, 3.8) is 0 Å². The van der Waals surface area contributed by atoms with E-state index in [0.29, 0.717) is 5.01 Å². The molecule has 0 N–H and O–H groups in total. The first-order valence-corrected chi connectivity index (χ1v) is 8.01. The van der Waals surface area contributed by atoms with Crippen LogP contribution in [0.4, 0.5) is 0 Å². The molecule has 0 saturated heterocycles. The van der Waals surface area contributed by atoms with Crippen LogP contribution in [0.5, 0.6) is 5.75 Å². The third kappa shape index (κ3) is 3.34. The summed E-state index contributed by atoms with van der Waals surface area (Å²) in [5, 5.41) is 11.8. The molecule has 22 heavy (non-hydrogen) atoms. The van der Waals surface area contributed by atoms with Gasteiger partial charge in [-0.25, -0.2) is 4.98 Å². The number of Topliss-reactive ketones (excluding diaryl/α,β-unsaturated/α-hetero) is 1. The average molecular weight is 314 g/mol. The average Bonchev–Trinajstić information content (AvgIpc) is 3.04. The molecule has 4 nitrogen and oxygen atoms in total. The number of carbonyl (C=O) groups excluding carboxylic acids is 1. The van der Waals surface area contributed by atoms with Crippen molar-refractivity contribution in [2.45, 2.75) is 26.2 Å². The normalized spacial score (nSPS) is 13.2. The Morgan fingerprint density at radius 3 is 2.64 bits per heavy atom. The number of carbonyl (C=O) groups is 1. The van der Waals surface area contributed by atoms with E-state index >= 15 is 0 Å². The quantitative estimate of drug-likeness (QED) is 0.807. The molecule has 2 unspecified atom stereocenters. The van der Waals surface area contributed by atoms with Crippen molar-refractivity contribution in [3.8, 4) is 23.1 Å². The van der Waals surface area contributed by atoms with Gasteiger partial charge in [-0.05, 0) is 30.7 Å². The van der Waals surface area contributed by atoms with Gasteiger partial charge in [0.25, 0.3) is 0 Å². The zero-order valence-corrected chi connectivity index (χ0v) is 13.7. The van der Waals surface area contributed by atoms with Crippen LogP contribution in [-0.4, -0.2) is 17.9 Å². The molecule has 1 aromatic heterocycles. The van der Waals surface area contributed by atoms with Crippen LogP contribution in [0.25, 0.3) is 11.3 Å². The number of nitriles is 1. The molecule has 1 aromatic carbocycles. The summed E-state index contributed by atoms with van der Waals surface area (Å²) in [6, 6.07) is 9.64. The molecular formula is C17H18N2O2S. The lowest BCUT2D eigenvalue weighted by molar-refractivity contribution is -0.122. The molecule has 5 heteroatoms. The number of ketones is 1. The zero-order chi connectivity index (χ0) is 16.1. The Morgan fingerprint density at radius 2 is 2.09 bits per heavy atom. The standard InChI is InChI=1S/C17H18N2O2S/c1-4-11(2)16(20)14(9-18)17-19-15(10-22-17)12-5-7-13(21-3)8-6-12/h5-8,10-11,14H,4H2,1-3H3. The van der Waals surface area contributed by atoms with Crippen LogP contribution in [0.1, 0.15) is 31.2 Å². The Hall–Kier alpha value is -2.19. The molecule has 0 aliphatic rings. The summed E-state index contributed by atoms with van der Waals surface area (Å²) in [4.78, 5) is 16.7. The zero-order valence-electron chi connectivity index (χ0n) is 12.9. The molecule has 0 fully saturated rings. The maximum atomic E-state index is 12.3. The Bertz CT molecular complexity index is 685. The van der Waals surface area contributed by atoms with Crippen LogP contribution >= 0.6 is 11.3 Å². The van der Waals surface area contributed by atoms with E-state index in [-0.39, 0.29) is 11.7 Å². The van der Waals surface area contributed by atoms with Gasteiger partial charge in [-0.15, -0.1) is 11.3 Å². The molecule has 0 aliphatic carbocycles. The molecule has 1 heterocycles. The summed E-state index contributed by atoms with van der Waals surface area (Å²) in [6.45, 7) is 3.80. The predicted octanol–water partition coefficient (Wildman–Crippen LogP) is 4.04. The minimum atomic E-state index is -0.771. The van der Waals surface area contributed by atoms with Crippen molar-refractivity contribution in [3.05, 3.63) is 34.7 Å². The number of methoxy groups -OCH3 is 1. The van der Waals surface area contributed by atoms with E-state index in [2.05, 4.69) is 11.1 Å². The van der Waals surface area contributed by atoms with Gasteiger partial charge in [0.15, 0.2) is 11.7 Å². The van der Waals surface area contributed by atoms with E-state index in [9.17, 15) is 10.1 Å². The summed E-state index contributed by atoms with van der Waals surface area (Å²) in [6.07, 6.45) is 0.730. The summed E-state index contributed by atoms with van der Waals surface area (Å²) >= 11 is 1.36. The second-order valence-electron chi connectivity index (χ2n) is 5.07. The molecule has 0 radical (unpaired) electrons. The van der Waals surface area contributed by atoms with E-state index < -0.39 is 5.92 Å². The smallest absolute Gasteiger partial charge is 0.159 e. The van der Waals surface area contributed by atoms with Crippen molar-refractivity contribution in [1.82, 2.24) is 4.98 Å². The van der Waals surface area contributed by atoms with Crippen molar-refractivity contribution < 1.29 is 9.53 Å². The van der Waals surface area contributed by atoms with Gasteiger partial charge in [0.2, 0.25) is 0 Å². The lowest BCUT2D eigenvalue weighted by atomic mass is 9.93. The van der Waals surface area contributed by atoms with Gasteiger partial charge < -0.3 is 4.74 Å². The lowest BCUT2D eigenvalue weighted by Gasteiger charge is -2.10. The maximum Gasteiger partial charge on any atom is 0.159 e. The molecule has 0 amide bonds. The molecule has 2 atom stereocenters. The molecule has 0 spiro atoms. The van der Waals surface area contributed by atoms with Crippen molar-refractivity contribution in [2.75, 3.05) is 7.11 Å². The van der Waals surface area contributed by atoms with E-state index in [1.54, 1.807) is 7.11 Å². The first kappa shape index (κ1) is 16.2. The largest absolute Gasteiger partial charge is 0.497 e. The number of hydrogen-bond donors (Lipinski definition) is 0. The molecule has 2 aromatic rings. The number of thiazole rings is 1. The summed E-state index contributed by atoms with van der Waals surface area (Å²) in [5.74, 6) is -0.174. The topological polar surface area (TPSA) is 63.0 Å². The van der Waals surface area contributed by atoms with Gasteiger partial charge in [0.05, 0.1) is 18.9 Å². The Kier molecular flexibility index (Phi) is 5.29. The molecular weight excluding hydrogens is 296 g/mol. The SMILES string of the molecule is CCC(C)C(=O)C(C#N)c1nc(-c2ccc(OC)cc2)cs1. The number of aromatic nitrogens is 1. The molecule has 114 valence electrons. The van der Waals surface area contributed by atoms with Crippen molar-refractivity contribution in [1.29, 1.82) is 5.26 Å². The number of ether oxygens (including phenoxy) is 1. The highest BCUT2D eigenvalue weighted by molar-refractivity contribution is 7.10. The second kappa shape index (κ2) is 7.19. The van der Waals surface area contributed by atoms with Crippen LogP contribution in [-0.2, 0) is 4.79 Å². The number of rotatable bonds is 6. The van der Waals surface area contributed by atoms with Crippen LogP contribution in [0.3, 0.4) is 0 Å². The highest BCUT2D eigenvalue weighted by atomic mass is 32.1. The third-order valence-corrected chi connectivity index (χ3v) is 4.58. The van der Waals surface area contributed by atoms with Gasteiger partial charge >= 0.3 is 0 Å². The van der Waals surface area contributed by atoms with Crippen molar-refractivity contribution >= 4 is 17.1 Å². The first-order valence-electron chi connectivity index (χ1n) is 7.13. The molecule has 0 saturated carbocycles. The molecule has 2 rings (SSSR count). The maximum absolute atomic E-state index is 12.3. The number of nitrogens with zero attached hydrogens (tertiary/aromatic N) is 2. The van der Waals surface area contributed by atoms with Gasteiger partial charge in [-0.2, -0.15) is 5.26 Å². The highest BCUT2D eigenvalue weighted by Gasteiger charge is 2.27. The second-order valence-corrected chi connectivity index (χ2v) is 5.96. The van der Waals surface area contributed by atoms with Crippen LogP contribution in [0.15, 0.2) is 29.6 Å². The van der Waals surface area contributed by atoms with Gasteiger partial charge in [0.1, 0.15) is 10.8 Å². The van der Waals surface area contributed by atoms with Gasteiger partial charge in [-0.1, -0.05) is 13.8 Å². The summed E-state index contributed by atoms with van der Waals surface area (Å²) < 4.78 is 5.13. The van der Waals surface area contributed by atoms with E-state index in [1.807, 2.05) is 43.5 Å². The fourth-order valence-electron chi connectivity index (χ4n) is 2.04. The number of benzene rings is 1. The van der Waals surface area contributed by atoms with E-state index in [0.717, 1.165) is 23.4 Å². The first-order chi connectivity index (χ1) is 10.6. The van der Waals surface area contributed by atoms with E-state index in [4.69, 9.17) is 4.74 Å². The summed E-state index contributed by atoms with van der Waals surface area (Å²) in [5.41, 5.74) is 1.72. The lowest BCUT2D eigenvalue weighted by Crippen LogP contribution is -2.18. The molecule has 0 aliphatic heterocycles. The minimum Gasteiger partial charge on any atom is -0.497 e. The predicted molar refractivity (Wildman–Crippen MR) is 86.9 cm³/mol. The van der Waals surface area contributed by atoms with Crippen molar-refractivity contribution in [2.24, 2.45) is 5.92 Å². The summed E-state index contributed by atoms with van der Waals surface area (Å²) in [7, 11) is 1.62. The third-order valence-electron chi connectivity index (χ3n) is 3.67. The fourth-order valence-corrected chi connectivity index (χ4v) is 2.92. The monoisotopic (exact) mass is 314 g/mol. The van der Waals surface area contributed by atoms with Crippen LogP contribution in [0, 0.1) is 17.2 Å². The molecule has 0 bridgehead atoms. The van der Waals surface area contributed by atoms with Crippen LogP contribution in [0.2, 0.25) is 0 Å². The van der Waals surface area contributed by atoms with Crippen LogP contribution < -0.4 is 4.74 Å². The Labute approximate surface area is 134 Å². The number of hydrogen-bond acceptors (Lipinski definition) is 5. The van der Waals surface area contributed by atoms with Gasteiger partial charge in [0, 0.05) is 16.9 Å². The fraction of sp³-hybridized carbons (Fsp3) is 0.353.